The van der Waals surface area contributed by atoms with Crippen molar-refractivity contribution >= 4 is 11.4 Å². The molecule has 0 fully saturated rings. The molecule has 0 radical (unpaired) electrons. The Balaban J connectivity index is 1.78. The smallest absolute Gasteiger partial charge is 0.259 e. The first-order valence-electron chi connectivity index (χ1n) is 8.71. The van der Waals surface area contributed by atoms with Crippen LogP contribution in [0.5, 0.6) is 11.5 Å². The largest absolute Gasteiger partial charge is 0.493 e. The molecule has 2 aromatic heterocycles. The molecule has 1 aliphatic heterocycles. The first kappa shape index (κ1) is 17.2. The molecule has 0 bridgehead atoms. The van der Waals surface area contributed by atoms with Crippen molar-refractivity contribution in [2.75, 3.05) is 27.3 Å². The summed E-state index contributed by atoms with van der Waals surface area (Å²) in [5.74, 6) is 1.57. The number of nitrogens with zero attached hydrogens (tertiary/aromatic N) is 3. The maximum absolute atomic E-state index is 12.7. The van der Waals surface area contributed by atoms with Gasteiger partial charge in [-0.25, -0.2) is 9.97 Å². The molecule has 138 valence electrons. The predicted molar refractivity (Wildman–Crippen MR) is 103 cm³/mol. The van der Waals surface area contributed by atoms with Crippen LogP contribution in [-0.4, -0.2) is 41.7 Å². The van der Waals surface area contributed by atoms with E-state index in [1.807, 2.05) is 12.3 Å². The topological polar surface area (TPSA) is 77.8 Å². The standard InChI is InChI=1S/C20H20N4O3/c1-26-17-4-3-14(9-18(17)27-2)16-10-19(25)24-12-15(11-22-20(24)23-16)13-5-7-21-8-6-13/h3-5,9-12,21H,6-8H2,1-2H3. The number of methoxy groups -OCH3 is 2. The Morgan fingerprint density at radius 2 is 1.96 bits per heavy atom. The number of benzene rings is 1. The predicted octanol–water partition coefficient (Wildman–Crippen LogP) is 2.15. The first-order chi connectivity index (χ1) is 13.2. The van der Waals surface area contributed by atoms with E-state index in [1.165, 1.54) is 16.0 Å². The van der Waals surface area contributed by atoms with Gasteiger partial charge in [0.25, 0.3) is 5.56 Å². The van der Waals surface area contributed by atoms with E-state index in [9.17, 15) is 4.79 Å². The third-order valence-electron chi connectivity index (χ3n) is 4.63. The van der Waals surface area contributed by atoms with Crippen molar-refractivity contribution in [1.29, 1.82) is 0 Å². The highest BCUT2D eigenvalue weighted by Crippen LogP contribution is 2.31. The monoisotopic (exact) mass is 364 g/mol. The Hall–Kier alpha value is -3.19. The van der Waals surface area contributed by atoms with E-state index < -0.39 is 0 Å². The van der Waals surface area contributed by atoms with E-state index in [2.05, 4.69) is 21.4 Å². The molecule has 1 aliphatic rings. The highest BCUT2D eigenvalue weighted by Gasteiger charge is 2.12. The fraction of sp³-hybridized carbons (Fsp3) is 0.250. The number of fused-ring (bicyclic) bond motifs is 1. The van der Waals surface area contributed by atoms with Crippen molar-refractivity contribution in [2.24, 2.45) is 0 Å². The average Bonchev–Trinajstić information content (AvgIpc) is 2.73. The summed E-state index contributed by atoms with van der Waals surface area (Å²) >= 11 is 0. The van der Waals surface area contributed by atoms with Crippen molar-refractivity contribution in [2.45, 2.75) is 6.42 Å². The van der Waals surface area contributed by atoms with E-state index in [0.29, 0.717) is 23.0 Å². The van der Waals surface area contributed by atoms with Crippen LogP contribution in [0.3, 0.4) is 0 Å². The van der Waals surface area contributed by atoms with Gasteiger partial charge in [-0.1, -0.05) is 6.08 Å². The van der Waals surface area contributed by atoms with Crippen LogP contribution in [0.4, 0.5) is 0 Å². The summed E-state index contributed by atoms with van der Waals surface area (Å²) in [6.45, 7) is 1.76. The Labute approximate surface area is 156 Å². The summed E-state index contributed by atoms with van der Waals surface area (Å²) in [7, 11) is 3.15. The van der Waals surface area contributed by atoms with Crippen molar-refractivity contribution in [3.63, 3.8) is 0 Å². The summed E-state index contributed by atoms with van der Waals surface area (Å²) in [5, 5.41) is 3.28. The molecule has 0 unspecified atom stereocenters. The second kappa shape index (κ2) is 7.20. The van der Waals surface area contributed by atoms with Crippen LogP contribution < -0.4 is 20.3 Å². The van der Waals surface area contributed by atoms with Gasteiger partial charge in [-0.15, -0.1) is 0 Å². The maximum Gasteiger partial charge on any atom is 0.259 e. The summed E-state index contributed by atoms with van der Waals surface area (Å²) in [4.78, 5) is 21.6. The van der Waals surface area contributed by atoms with Crippen molar-refractivity contribution in [3.05, 3.63) is 58.7 Å². The highest BCUT2D eigenvalue weighted by atomic mass is 16.5. The van der Waals surface area contributed by atoms with E-state index in [1.54, 1.807) is 32.5 Å². The Morgan fingerprint density at radius 3 is 2.70 bits per heavy atom. The van der Waals surface area contributed by atoms with Gasteiger partial charge in [0.1, 0.15) is 0 Å². The second-order valence-electron chi connectivity index (χ2n) is 6.25. The molecule has 7 nitrogen and oxygen atoms in total. The van der Waals surface area contributed by atoms with Crippen LogP contribution in [-0.2, 0) is 0 Å². The second-order valence-corrected chi connectivity index (χ2v) is 6.25. The number of hydrogen-bond acceptors (Lipinski definition) is 6. The van der Waals surface area contributed by atoms with Crippen LogP contribution >= 0.6 is 0 Å². The number of hydrogen-bond donors (Lipinski definition) is 1. The van der Waals surface area contributed by atoms with Crippen LogP contribution in [0.1, 0.15) is 12.0 Å². The van der Waals surface area contributed by atoms with Crippen LogP contribution in [0.15, 0.2) is 47.5 Å². The fourth-order valence-corrected chi connectivity index (χ4v) is 3.19. The quantitative estimate of drug-likeness (QED) is 0.764. The number of ether oxygens (including phenoxy) is 2. The lowest BCUT2D eigenvalue weighted by atomic mass is 10.0. The van der Waals surface area contributed by atoms with Crippen LogP contribution in [0, 0.1) is 0 Å². The lowest BCUT2D eigenvalue weighted by molar-refractivity contribution is 0.355. The lowest BCUT2D eigenvalue weighted by Gasteiger charge is -2.14. The van der Waals surface area contributed by atoms with Gasteiger partial charge < -0.3 is 14.8 Å². The fourth-order valence-electron chi connectivity index (χ4n) is 3.19. The molecule has 0 atom stereocenters. The minimum atomic E-state index is -0.173. The molecular weight excluding hydrogens is 344 g/mol. The Morgan fingerprint density at radius 1 is 1.11 bits per heavy atom. The Kier molecular flexibility index (Phi) is 4.60. The van der Waals surface area contributed by atoms with Crippen LogP contribution in [0.2, 0.25) is 0 Å². The molecule has 3 aromatic rings. The van der Waals surface area contributed by atoms with E-state index in [-0.39, 0.29) is 5.56 Å². The van der Waals surface area contributed by atoms with Gasteiger partial charge in [-0.3, -0.25) is 9.20 Å². The Bertz CT molecular complexity index is 1090. The third kappa shape index (κ3) is 3.29. The minimum absolute atomic E-state index is 0.173. The summed E-state index contributed by atoms with van der Waals surface area (Å²) in [6, 6.07) is 6.94. The van der Waals surface area contributed by atoms with Crippen molar-refractivity contribution in [3.8, 4) is 22.8 Å². The van der Waals surface area contributed by atoms with E-state index in [0.717, 1.165) is 30.6 Å². The molecule has 0 saturated carbocycles. The molecule has 3 heterocycles. The van der Waals surface area contributed by atoms with E-state index >= 15 is 0 Å². The average molecular weight is 364 g/mol. The molecule has 7 heteroatoms. The van der Waals surface area contributed by atoms with Gasteiger partial charge in [-0.2, -0.15) is 0 Å². The molecule has 0 aliphatic carbocycles. The minimum Gasteiger partial charge on any atom is -0.493 e. The third-order valence-corrected chi connectivity index (χ3v) is 4.63. The van der Waals surface area contributed by atoms with Gasteiger partial charge in [0, 0.05) is 36.1 Å². The maximum atomic E-state index is 12.7. The summed E-state index contributed by atoms with van der Waals surface area (Å²) < 4.78 is 12.1. The van der Waals surface area contributed by atoms with E-state index in [4.69, 9.17) is 9.47 Å². The number of rotatable bonds is 4. The zero-order valence-electron chi connectivity index (χ0n) is 15.2. The zero-order chi connectivity index (χ0) is 18.8. The highest BCUT2D eigenvalue weighted by molar-refractivity contribution is 5.67. The van der Waals surface area contributed by atoms with Gasteiger partial charge in [-0.05, 0) is 36.7 Å². The van der Waals surface area contributed by atoms with Crippen LogP contribution in [0.25, 0.3) is 22.6 Å². The zero-order valence-corrected chi connectivity index (χ0v) is 15.2. The van der Waals surface area contributed by atoms with Gasteiger partial charge in [0.05, 0.1) is 19.9 Å². The molecule has 0 saturated heterocycles. The molecule has 0 spiro atoms. The molecule has 4 rings (SSSR count). The van der Waals surface area contributed by atoms with Gasteiger partial charge >= 0.3 is 0 Å². The normalized spacial score (nSPS) is 14.1. The molecule has 1 N–H and O–H groups in total. The van der Waals surface area contributed by atoms with Crippen molar-refractivity contribution in [1.82, 2.24) is 19.7 Å². The first-order valence-corrected chi connectivity index (χ1v) is 8.71. The molecule has 1 aromatic carbocycles. The number of nitrogens with one attached hydrogen (secondary N) is 1. The van der Waals surface area contributed by atoms with Gasteiger partial charge in [0.2, 0.25) is 5.78 Å². The molecule has 27 heavy (non-hydrogen) atoms. The summed E-state index contributed by atoms with van der Waals surface area (Å²) in [5.41, 5.74) is 3.28. The van der Waals surface area contributed by atoms with Crippen molar-refractivity contribution < 1.29 is 9.47 Å². The van der Waals surface area contributed by atoms with Gasteiger partial charge in [0.15, 0.2) is 11.5 Å². The molecule has 0 amide bonds. The summed E-state index contributed by atoms with van der Waals surface area (Å²) in [6.07, 6.45) is 6.63. The molecular formula is C20H20N4O3. The lowest BCUT2D eigenvalue weighted by Crippen LogP contribution is -2.21. The number of aromatic nitrogens is 3. The SMILES string of the molecule is COc1ccc(-c2cc(=O)n3cc(C4=CCNCC4)cnc3n2)cc1OC.